The van der Waals surface area contributed by atoms with Crippen molar-refractivity contribution in [3.63, 3.8) is 0 Å². The number of carbonyl (C=O) groups is 1. The Bertz CT molecular complexity index is 970. The molecule has 0 radical (unpaired) electrons. The van der Waals surface area contributed by atoms with Gasteiger partial charge in [-0.2, -0.15) is 0 Å². The smallest absolute Gasteiger partial charge is 0.269 e. The lowest BCUT2D eigenvalue weighted by molar-refractivity contribution is -0.384. The number of nitrogens with zero attached hydrogens (tertiary/aromatic N) is 2. The highest BCUT2D eigenvalue weighted by Crippen LogP contribution is 2.37. The average Bonchev–Trinajstić information content (AvgIpc) is 2.97. The molecule has 0 fully saturated rings. The maximum absolute atomic E-state index is 12.9. The van der Waals surface area contributed by atoms with Gasteiger partial charge in [-0.05, 0) is 18.6 Å². The molecule has 7 heteroatoms. The van der Waals surface area contributed by atoms with Crippen molar-refractivity contribution < 1.29 is 9.72 Å². The minimum absolute atomic E-state index is 0.00472. The van der Waals surface area contributed by atoms with E-state index in [1.165, 1.54) is 23.5 Å². The molecule has 2 aromatic carbocycles. The number of fused-ring (bicyclic) bond motifs is 1. The highest BCUT2D eigenvalue weighted by Gasteiger charge is 2.24. The number of rotatable bonds is 4. The standard InChI is InChI=1S/C18H15ClN2O3S/c1-11(12-6-5-7-13(10-12)21(23)24)20(2)18(22)17-16(19)14-8-3-4-9-15(14)25-17/h3-11H,1-2H3. The first-order chi connectivity index (χ1) is 11.9. The molecule has 1 aromatic heterocycles. The monoisotopic (exact) mass is 374 g/mol. The van der Waals surface area contributed by atoms with Crippen molar-refractivity contribution in [3.8, 4) is 0 Å². The van der Waals surface area contributed by atoms with Gasteiger partial charge in [-0.15, -0.1) is 11.3 Å². The normalized spacial score (nSPS) is 12.1. The van der Waals surface area contributed by atoms with Gasteiger partial charge in [0.2, 0.25) is 0 Å². The molecule has 1 unspecified atom stereocenters. The van der Waals surface area contributed by atoms with Crippen LogP contribution in [0.1, 0.15) is 28.2 Å². The van der Waals surface area contributed by atoms with Crippen LogP contribution in [-0.2, 0) is 0 Å². The highest BCUT2D eigenvalue weighted by molar-refractivity contribution is 7.21. The second-order valence-electron chi connectivity index (χ2n) is 5.69. The number of thiophene rings is 1. The van der Waals surface area contributed by atoms with Gasteiger partial charge in [-0.3, -0.25) is 14.9 Å². The van der Waals surface area contributed by atoms with Crippen LogP contribution in [0.4, 0.5) is 5.69 Å². The number of non-ortho nitro benzene ring substituents is 1. The van der Waals surface area contributed by atoms with Crippen molar-refractivity contribution in [2.75, 3.05) is 7.05 Å². The van der Waals surface area contributed by atoms with E-state index in [-0.39, 0.29) is 17.6 Å². The summed E-state index contributed by atoms with van der Waals surface area (Å²) >= 11 is 7.74. The quantitative estimate of drug-likeness (QED) is 0.460. The van der Waals surface area contributed by atoms with E-state index >= 15 is 0 Å². The maximum Gasteiger partial charge on any atom is 0.269 e. The molecular formula is C18H15ClN2O3S. The van der Waals surface area contributed by atoms with Crippen molar-refractivity contribution in [3.05, 3.63) is 74.1 Å². The number of amides is 1. The van der Waals surface area contributed by atoms with E-state index in [9.17, 15) is 14.9 Å². The minimum atomic E-state index is -0.444. The summed E-state index contributed by atoms with van der Waals surface area (Å²) in [6.45, 7) is 1.83. The molecule has 0 N–H and O–H groups in total. The van der Waals surface area contributed by atoms with E-state index in [4.69, 9.17) is 11.6 Å². The van der Waals surface area contributed by atoms with Crippen LogP contribution in [0.3, 0.4) is 0 Å². The van der Waals surface area contributed by atoms with Gasteiger partial charge in [0.15, 0.2) is 0 Å². The summed E-state index contributed by atoms with van der Waals surface area (Å²) in [7, 11) is 1.67. The van der Waals surface area contributed by atoms with Crippen LogP contribution >= 0.6 is 22.9 Å². The van der Waals surface area contributed by atoms with Gasteiger partial charge in [0.05, 0.1) is 16.0 Å². The zero-order chi connectivity index (χ0) is 18.1. The summed E-state index contributed by atoms with van der Waals surface area (Å²) in [6.07, 6.45) is 0. The number of halogens is 1. The number of nitro benzene ring substituents is 1. The van der Waals surface area contributed by atoms with Gasteiger partial charge in [0.25, 0.3) is 11.6 Å². The number of hydrogen-bond acceptors (Lipinski definition) is 4. The second-order valence-corrected chi connectivity index (χ2v) is 7.12. The SMILES string of the molecule is CC(c1cccc([N+](=O)[O-])c1)N(C)C(=O)c1sc2ccccc2c1Cl. The first kappa shape index (κ1) is 17.4. The zero-order valence-corrected chi connectivity index (χ0v) is 15.2. The molecule has 128 valence electrons. The number of nitro groups is 1. The van der Waals surface area contributed by atoms with E-state index in [0.717, 1.165) is 10.1 Å². The van der Waals surface area contributed by atoms with Crippen molar-refractivity contribution in [2.24, 2.45) is 0 Å². The van der Waals surface area contributed by atoms with Crippen LogP contribution in [0.5, 0.6) is 0 Å². The van der Waals surface area contributed by atoms with Gasteiger partial charge in [-0.25, -0.2) is 0 Å². The highest BCUT2D eigenvalue weighted by atomic mass is 35.5. The topological polar surface area (TPSA) is 63.5 Å². The molecule has 0 spiro atoms. The van der Waals surface area contributed by atoms with Crippen LogP contribution in [0.15, 0.2) is 48.5 Å². The van der Waals surface area contributed by atoms with Gasteiger partial charge >= 0.3 is 0 Å². The molecule has 25 heavy (non-hydrogen) atoms. The summed E-state index contributed by atoms with van der Waals surface area (Å²) in [5, 5.41) is 12.3. The fourth-order valence-electron chi connectivity index (χ4n) is 2.61. The number of benzene rings is 2. The number of hydrogen-bond donors (Lipinski definition) is 0. The van der Waals surface area contributed by atoms with Crippen LogP contribution in [0, 0.1) is 10.1 Å². The summed E-state index contributed by atoms with van der Waals surface area (Å²) < 4.78 is 0.951. The largest absolute Gasteiger partial charge is 0.334 e. The van der Waals surface area contributed by atoms with Gasteiger partial charge in [0, 0.05) is 29.3 Å². The molecule has 0 aliphatic rings. The zero-order valence-electron chi connectivity index (χ0n) is 13.6. The second kappa shape index (κ2) is 6.82. The summed E-state index contributed by atoms with van der Waals surface area (Å²) in [4.78, 5) is 25.4. The first-order valence-corrected chi connectivity index (χ1v) is 8.78. The van der Waals surface area contributed by atoms with Crippen LogP contribution in [0.25, 0.3) is 10.1 Å². The van der Waals surface area contributed by atoms with Crippen molar-refractivity contribution in [1.29, 1.82) is 0 Å². The Hall–Kier alpha value is -2.44. The van der Waals surface area contributed by atoms with Gasteiger partial charge < -0.3 is 4.90 Å². The third-order valence-electron chi connectivity index (χ3n) is 4.19. The average molecular weight is 375 g/mol. The minimum Gasteiger partial charge on any atom is -0.334 e. The Morgan fingerprint density at radius 3 is 2.64 bits per heavy atom. The molecule has 3 aromatic rings. The third kappa shape index (κ3) is 3.23. The van der Waals surface area contributed by atoms with E-state index in [2.05, 4.69) is 0 Å². The lowest BCUT2D eigenvalue weighted by atomic mass is 10.1. The lowest BCUT2D eigenvalue weighted by Crippen LogP contribution is -2.29. The summed E-state index contributed by atoms with van der Waals surface area (Å²) in [6, 6.07) is 13.6. The molecule has 0 bridgehead atoms. The molecule has 0 saturated carbocycles. The first-order valence-electron chi connectivity index (χ1n) is 7.58. The predicted molar refractivity (Wildman–Crippen MR) is 100 cm³/mol. The molecule has 0 saturated heterocycles. The Morgan fingerprint density at radius 2 is 1.96 bits per heavy atom. The Kier molecular flexibility index (Phi) is 4.74. The Labute approximate surface area is 153 Å². The Balaban J connectivity index is 1.92. The number of carbonyl (C=O) groups excluding carboxylic acids is 1. The fourth-order valence-corrected chi connectivity index (χ4v) is 4.10. The molecule has 1 heterocycles. The van der Waals surface area contributed by atoms with Crippen LogP contribution in [0.2, 0.25) is 5.02 Å². The molecular weight excluding hydrogens is 360 g/mol. The van der Waals surface area contributed by atoms with Crippen molar-refractivity contribution in [2.45, 2.75) is 13.0 Å². The van der Waals surface area contributed by atoms with Crippen LogP contribution < -0.4 is 0 Å². The molecule has 0 aliphatic carbocycles. The molecule has 5 nitrogen and oxygen atoms in total. The van der Waals surface area contributed by atoms with E-state index in [1.54, 1.807) is 24.1 Å². The van der Waals surface area contributed by atoms with Crippen molar-refractivity contribution >= 4 is 44.6 Å². The predicted octanol–water partition coefficient (Wildman–Crippen LogP) is 5.30. The van der Waals surface area contributed by atoms with Crippen LogP contribution in [-0.4, -0.2) is 22.8 Å². The van der Waals surface area contributed by atoms with E-state index in [1.807, 2.05) is 31.2 Å². The molecule has 3 rings (SSSR count). The Morgan fingerprint density at radius 1 is 1.24 bits per heavy atom. The van der Waals surface area contributed by atoms with E-state index < -0.39 is 4.92 Å². The molecule has 1 amide bonds. The fraction of sp³-hybridized carbons (Fsp3) is 0.167. The molecule has 0 aliphatic heterocycles. The van der Waals surface area contributed by atoms with Gasteiger partial charge in [0.1, 0.15) is 4.88 Å². The van der Waals surface area contributed by atoms with Crippen molar-refractivity contribution in [1.82, 2.24) is 4.90 Å². The summed E-state index contributed by atoms with van der Waals surface area (Å²) in [5.41, 5.74) is 0.701. The van der Waals surface area contributed by atoms with Gasteiger partial charge in [-0.1, -0.05) is 41.9 Å². The van der Waals surface area contributed by atoms with E-state index in [0.29, 0.717) is 15.5 Å². The summed E-state index contributed by atoms with van der Waals surface area (Å²) in [5.74, 6) is -0.204. The molecule has 1 atom stereocenters. The third-order valence-corrected chi connectivity index (χ3v) is 5.86. The maximum atomic E-state index is 12.9. The lowest BCUT2D eigenvalue weighted by Gasteiger charge is -2.25.